The molecule has 4 rings (SSSR count). The Morgan fingerprint density at radius 3 is 2.90 bits per heavy atom. The van der Waals surface area contributed by atoms with E-state index >= 15 is 0 Å². The van der Waals surface area contributed by atoms with Crippen LogP contribution in [-0.4, -0.2) is 18.1 Å². The molecule has 1 aromatic carbocycles. The van der Waals surface area contributed by atoms with Crippen LogP contribution in [0.1, 0.15) is 17.7 Å². The van der Waals surface area contributed by atoms with Gasteiger partial charge in [-0.1, -0.05) is 11.3 Å². The Kier molecular flexibility index (Phi) is 2.60. The van der Waals surface area contributed by atoms with E-state index in [9.17, 15) is 4.39 Å². The Bertz CT molecular complexity index is 679. The SMILES string of the molecule is Nc1nc2c(s1)COc1cc(N3CCCC3)c(F)cc1-2. The molecule has 0 aliphatic carbocycles. The molecule has 4 nitrogen and oxygen atoms in total. The number of aromatic nitrogens is 1. The molecule has 0 radical (unpaired) electrons. The number of nitrogen functional groups attached to an aromatic ring is 1. The van der Waals surface area contributed by atoms with Crippen LogP contribution in [0, 0.1) is 5.82 Å². The molecule has 1 aromatic heterocycles. The number of nitrogens with two attached hydrogens (primary N) is 1. The number of hydrogen-bond donors (Lipinski definition) is 1. The predicted octanol–water partition coefficient (Wildman–Crippen LogP) is 3.02. The molecule has 20 heavy (non-hydrogen) atoms. The average Bonchev–Trinajstić information content (AvgIpc) is 3.06. The van der Waals surface area contributed by atoms with Crippen molar-refractivity contribution >= 4 is 22.2 Å². The lowest BCUT2D eigenvalue weighted by Crippen LogP contribution is -2.19. The molecule has 0 amide bonds. The summed E-state index contributed by atoms with van der Waals surface area (Å²) < 4.78 is 20.1. The van der Waals surface area contributed by atoms with E-state index in [1.54, 1.807) is 6.07 Å². The molecule has 0 bridgehead atoms. The summed E-state index contributed by atoms with van der Waals surface area (Å²) in [6.07, 6.45) is 2.23. The van der Waals surface area contributed by atoms with E-state index in [1.165, 1.54) is 17.4 Å². The van der Waals surface area contributed by atoms with Crippen LogP contribution < -0.4 is 15.4 Å². The summed E-state index contributed by atoms with van der Waals surface area (Å²) in [4.78, 5) is 7.33. The molecule has 0 spiro atoms. The van der Waals surface area contributed by atoms with Crippen LogP contribution in [0.25, 0.3) is 11.3 Å². The van der Waals surface area contributed by atoms with Gasteiger partial charge in [0.1, 0.15) is 18.2 Å². The second-order valence-corrected chi connectivity index (χ2v) is 6.22. The zero-order chi connectivity index (χ0) is 13.7. The van der Waals surface area contributed by atoms with E-state index in [4.69, 9.17) is 10.5 Å². The highest BCUT2D eigenvalue weighted by molar-refractivity contribution is 7.15. The summed E-state index contributed by atoms with van der Waals surface area (Å²) in [5, 5.41) is 0.496. The first-order valence-electron chi connectivity index (χ1n) is 6.69. The van der Waals surface area contributed by atoms with Crippen molar-refractivity contribution < 1.29 is 9.13 Å². The summed E-state index contributed by atoms with van der Waals surface area (Å²) >= 11 is 1.40. The third-order valence-electron chi connectivity index (χ3n) is 3.82. The van der Waals surface area contributed by atoms with Crippen molar-refractivity contribution in [2.75, 3.05) is 23.7 Å². The largest absolute Gasteiger partial charge is 0.487 e. The normalized spacial score (nSPS) is 16.8. The minimum Gasteiger partial charge on any atom is -0.487 e. The van der Waals surface area contributed by atoms with Crippen molar-refractivity contribution in [2.45, 2.75) is 19.4 Å². The van der Waals surface area contributed by atoms with Crippen LogP contribution >= 0.6 is 11.3 Å². The smallest absolute Gasteiger partial charge is 0.180 e. The molecule has 6 heteroatoms. The number of thiazole rings is 1. The molecule has 1 saturated heterocycles. The summed E-state index contributed by atoms with van der Waals surface area (Å²) in [7, 11) is 0. The van der Waals surface area contributed by atoms with Crippen LogP contribution in [0.2, 0.25) is 0 Å². The lowest BCUT2D eigenvalue weighted by atomic mass is 10.1. The summed E-state index contributed by atoms with van der Waals surface area (Å²) in [6.45, 7) is 2.28. The molecule has 2 aromatic rings. The third-order valence-corrected chi connectivity index (χ3v) is 4.68. The fourth-order valence-corrected chi connectivity index (χ4v) is 3.63. The molecule has 2 aliphatic heterocycles. The maximum atomic E-state index is 14.4. The molecular formula is C14H14FN3OS. The highest BCUT2D eigenvalue weighted by atomic mass is 32.1. The maximum Gasteiger partial charge on any atom is 0.180 e. The highest BCUT2D eigenvalue weighted by Gasteiger charge is 2.25. The van der Waals surface area contributed by atoms with Gasteiger partial charge in [0.25, 0.3) is 0 Å². The minimum atomic E-state index is -0.214. The molecule has 0 atom stereocenters. The average molecular weight is 291 g/mol. The molecule has 104 valence electrons. The van der Waals surface area contributed by atoms with Crippen molar-refractivity contribution in [2.24, 2.45) is 0 Å². The highest BCUT2D eigenvalue weighted by Crippen LogP contribution is 2.43. The molecule has 3 heterocycles. The van der Waals surface area contributed by atoms with Crippen LogP contribution in [0.3, 0.4) is 0 Å². The Morgan fingerprint density at radius 1 is 1.30 bits per heavy atom. The second-order valence-electron chi connectivity index (χ2n) is 5.11. The first-order valence-corrected chi connectivity index (χ1v) is 7.51. The van der Waals surface area contributed by atoms with Gasteiger partial charge in [-0.15, -0.1) is 0 Å². The standard InChI is InChI=1S/C14H14FN3OS/c15-9-5-8-11(6-10(9)18-3-1-2-4-18)19-7-12-13(8)17-14(16)20-12/h5-6H,1-4,7H2,(H2,16,17). The Morgan fingerprint density at radius 2 is 2.10 bits per heavy atom. The van der Waals surface area contributed by atoms with E-state index in [-0.39, 0.29) is 5.82 Å². The van der Waals surface area contributed by atoms with Gasteiger partial charge in [0.05, 0.1) is 16.3 Å². The Labute approximate surface area is 120 Å². The monoisotopic (exact) mass is 291 g/mol. The van der Waals surface area contributed by atoms with Crippen molar-refractivity contribution in [3.8, 4) is 17.0 Å². The van der Waals surface area contributed by atoms with Crippen molar-refractivity contribution in [3.63, 3.8) is 0 Å². The zero-order valence-corrected chi connectivity index (χ0v) is 11.7. The maximum absolute atomic E-state index is 14.4. The number of benzene rings is 1. The van der Waals surface area contributed by atoms with Gasteiger partial charge in [-0.3, -0.25) is 0 Å². The molecule has 1 fully saturated rings. The topological polar surface area (TPSA) is 51.4 Å². The van der Waals surface area contributed by atoms with E-state index in [0.717, 1.165) is 36.5 Å². The number of anilines is 2. The van der Waals surface area contributed by atoms with E-state index in [0.29, 0.717) is 28.7 Å². The van der Waals surface area contributed by atoms with Gasteiger partial charge in [0, 0.05) is 24.7 Å². The van der Waals surface area contributed by atoms with Gasteiger partial charge < -0.3 is 15.4 Å². The van der Waals surface area contributed by atoms with Gasteiger partial charge in [-0.2, -0.15) is 0 Å². The molecule has 2 aliphatic rings. The van der Waals surface area contributed by atoms with Crippen LogP contribution in [0.5, 0.6) is 5.75 Å². The van der Waals surface area contributed by atoms with Crippen LogP contribution in [0.15, 0.2) is 12.1 Å². The van der Waals surface area contributed by atoms with E-state index < -0.39 is 0 Å². The lowest BCUT2D eigenvalue weighted by molar-refractivity contribution is 0.305. The van der Waals surface area contributed by atoms with Crippen LogP contribution in [-0.2, 0) is 6.61 Å². The van der Waals surface area contributed by atoms with Gasteiger partial charge in [-0.25, -0.2) is 9.37 Å². The number of rotatable bonds is 1. The lowest BCUT2D eigenvalue weighted by Gasteiger charge is -2.22. The number of halogens is 1. The zero-order valence-electron chi connectivity index (χ0n) is 10.9. The second kappa shape index (κ2) is 4.34. The van der Waals surface area contributed by atoms with Gasteiger partial charge >= 0.3 is 0 Å². The fraction of sp³-hybridized carbons (Fsp3) is 0.357. The summed E-state index contributed by atoms with van der Waals surface area (Å²) in [5.41, 5.74) is 7.84. The molecule has 0 unspecified atom stereocenters. The Balaban J connectivity index is 1.83. The quantitative estimate of drug-likeness (QED) is 0.877. The fourth-order valence-electron chi connectivity index (χ4n) is 2.87. The van der Waals surface area contributed by atoms with Gasteiger partial charge in [0.15, 0.2) is 5.13 Å². The molecular weight excluding hydrogens is 277 g/mol. The first-order chi connectivity index (χ1) is 9.72. The van der Waals surface area contributed by atoms with Crippen molar-refractivity contribution in [1.82, 2.24) is 4.98 Å². The Hall–Kier alpha value is -1.82. The number of nitrogens with zero attached hydrogens (tertiary/aromatic N) is 2. The van der Waals surface area contributed by atoms with Crippen molar-refractivity contribution in [3.05, 3.63) is 22.8 Å². The minimum absolute atomic E-state index is 0.214. The van der Waals surface area contributed by atoms with Crippen molar-refractivity contribution in [1.29, 1.82) is 0 Å². The van der Waals surface area contributed by atoms with E-state index in [2.05, 4.69) is 9.88 Å². The first kappa shape index (κ1) is 12.0. The van der Waals surface area contributed by atoms with Gasteiger partial charge in [-0.05, 0) is 18.9 Å². The molecule has 0 saturated carbocycles. The van der Waals surface area contributed by atoms with E-state index in [1.807, 2.05) is 0 Å². The predicted molar refractivity (Wildman–Crippen MR) is 77.7 cm³/mol. The number of hydrogen-bond acceptors (Lipinski definition) is 5. The van der Waals surface area contributed by atoms with Gasteiger partial charge in [0.2, 0.25) is 0 Å². The molecule has 2 N–H and O–H groups in total. The van der Waals surface area contributed by atoms with Crippen LogP contribution in [0.4, 0.5) is 15.2 Å². The number of fused-ring (bicyclic) bond motifs is 3. The third kappa shape index (κ3) is 1.75. The summed E-state index contributed by atoms with van der Waals surface area (Å²) in [6, 6.07) is 3.33. The number of ether oxygens (including phenoxy) is 1. The summed E-state index contributed by atoms with van der Waals surface area (Å²) in [5.74, 6) is 0.486.